The third-order valence-electron chi connectivity index (χ3n) is 2.11. The van der Waals surface area contributed by atoms with Crippen molar-refractivity contribution in [3.05, 3.63) is 20.1 Å². The number of benzene rings is 1. The number of nitrogens with zero attached hydrogens (tertiary/aromatic N) is 2. The van der Waals surface area contributed by atoms with Crippen molar-refractivity contribution in [2.24, 2.45) is 0 Å². The van der Waals surface area contributed by atoms with Gasteiger partial charge in [0.15, 0.2) is 0 Å². The van der Waals surface area contributed by atoms with Crippen molar-refractivity contribution in [3.8, 4) is 0 Å². The third-order valence-corrected chi connectivity index (χ3v) is 3.78. The van der Waals surface area contributed by atoms with E-state index in [1.54, 1.807) is 9.80 Å². The molecule has 0 aromatic heterocycles. The van der Waals surface area contributed by atoms with Gasteiger partial charge in [0, 0.05) is 28.2 Å². The molecule has 0 bridgehead atoms. The lowest BCUT2D eigenvalue weighted by Crippen LogP contribution is -2.14. The van der Waals surface area contributed by atoms with E-state index < -0.39 is 0 Å². The molecule has 0 saturated heterocycles. The fraction of sp³-hybridized carbons (Fsp3) is 0.400. The molecule has 0 aliphatic heterocycles. The van der Waals surface area contributed by atoms with Crippen LogP contribution in [0, 0.1) is 0 Å². The van der Waals surface area contributed by atoms with Gasteiger partial charge in [-0.15, -0.1) is 0 Å². The lowest BCUT2D eigenvalue weighted by atomic mass is 10.2. The van der Waals surface area contributed by atoms with E-state index in [1.807, 2.05) is 28.2 Å². The molecule has 1 aromatic rings. The van der Waals surface area contributed by atoms with E-state index in [2.05, 4.69) is 0 Å². The maximum Gasteiger partial charge on any atom is 0.0863 e. The summed E-state index contributed by atoms with van der Waals surface area (Å²) in [5.41, 5.74) is 1.26. The van der Waals surface area contributed by atoms with Gasteiger partial charge in [0.1, 0.15) is 0 Å². The van der Waals surface area contributed by atoms with Crippen LogP contribution in [0.1, 0.15) is 0 Å². The van der Waals surface area contributed by atoms with E-state index in [1.165, 1.54) is 0 Å². The van der Waals surface area contributed by atoms with Crippen LogP contribution in [0.5, 0.6) is 0 Å². The molecule has 0 spiro atoms. The highest BCUT2D eigenvalue weighted by Crippen LogP contribution is 2.49. The summed E-state index contributed by atoms with van der Waals surface area (Å²) in [5.74, 6) is 0. The van der Waals surface area contributed by atoms with Crippen LogP contribution >= 0.6 is 46.4 Å². The Morgan fingerprint density at radius 1 is 0.562 bits per heavy atom. The standard InChI is InChI=1S/C10H12Cl4N2/c1-15(2)9-5(11)7(13)10(16(3)4)8(14)6(9)12/h1-4H3. The zero-order valence-electron chi connectivity index (χ0n) is 9.41. The maximum absolute atomic E-state index is 6.17. The van der Waals surface area contributed by atoms with E-state index in [0.29, 0.717) is 31.5 Å². The minimum absolute atomic E-state index is 0.407. The van der Waals surface area contributed by atoms with Crippen molar-refractivity contribution in [2.45, 2.75) is 0 Å². The topological polar surface area (TPSA) is 6.48 Å². The molecule has 0 aliphatic carbocycles. The maximum atomic E-state index is 6.17. The molecule has 1 aromatic carbocycles. The molecule has 2 nitrogen and oxygen atoms in total. The second-order valence-electron chi connectivity index (χ2n) is 3.74. The Hall–Kier alpha value is -0.0200. The summed E-state index contributed by atoms with van der Waals surface area (Å²) in [4.78, 5) is 3.56. The second kappa shape index (κ2) is 5.09. The molecule has 0 heterocycles. The van der Waals surface area contributed by atoms with Crippen LogP contribution in [0.3, 0.4) is 0 Å². The molecule has 90 valence electrons. The van der Waals surface area contributed by atoms with Gasteiger partial charge in [-0.25, -0.2) is 0 Å². The Morgan fingerprint density at radius 3 is 0.875 bits per heavy atom. The lowest BCUT2D eigenvalue weighted by Gasteiger charge is -2.23. The fourth-order valence-corrected chi connectivity index (χ4v) is 2.90. The number of hydrogen-bond donors (Lipinski definition) is 0. The van der Waals surface area contributed by atoms with Gasteiger partial charge in [-0.2, -0.15) is 0 Å². The average molecular weight is 302 g/mol. The van der Waals surface area contributed by atoms with Crippen molar-refractivity contribution < 1.29 is 0 Å². The smallest absolute Gasteiger partial charge is 0.0863 e. The van der Waals surface area contributed by atoms with Crippen LogP contribution in [0.15, 0.2) is 0 Å². The van der Waals surface area contributed by atoms with E-state index in [-0.39, 0.29) is 0 Å². The first-order valence-electron chi connectivity index (χ1n) is 4.49. The van der Waals surface area contributed by atoms with Crippen LogP contribution in [-0.4, -0.2) is 28.2 Å². The van der Waals surface area contributed by atoms with Crippen LogP contribution in [0.2, 0.25) is 20.1 Å². The zero-order chi connectivity index (χ0) is 12.6. The summed E-state index contributed by atoms with van der Waals surface area (Å²) in [6.45, 7) is 0. The predicted octanol–water partition coefficient (Wildman–Crippen LogP) is 4.43. The molecule has 0 unspecified atom stereocenters. The largest absolute Gasteiger partial charge is 0.375 e. The lowest BCUT2D eigenvalue weighted by molar-refractivity contribution is 1.11. The molecule has 0 atom stereocenters. The molecule has 0 saturated carbocycles. The first kappa shape index (κ1) is 14.0. The molecule has 1 rings (SSSR count). The molecule has 0 aliphatic rings. The molecular formula is C10H12Cl4N2. The number of anilines is 2. The first-order chi connectivity index (χ1) is 7.29. The fourth-order valence-electron chi connectivity index (χ4n) is 1.39. The van der Waals surface area contributed by atoms with Crippen LogP contribution < -0.4 is 9.80 Å². The van der Waals surface area contributed by atoms with Gasteiger partial charge < -0.3 is 9.80 Å². The van der Waals surface area contributed by atoms with Crippen LogP contribution in [-0.2, 0) is 0 Å². The Morgan fingerprint density at radius 2 is 0.750 bits per heavy atom. The summed E-state index contributed by atoms with van der Waals surface area (Å²) in [7, 11) is 7.31. The van der Waals surface area contributed by atoms with E-state index >= 15 is 0 Å². The quantitative estimate of drug-likeness (QED) is 0.746. The van der Waals surface area contributed by atoms with Gasteiger partial charge in [0.2, 0.25) is 0 Å². The van der Waals surface area contributed by atoms with Gasteiger partial charge in [-0.1, -0.05) is 46.4 Å². The Balaban J connectivity index is 3.63. The minimum Gasteiger partial charge on any atom is -0.375 e. The Kier molecular flexibility index (Phi) is 4.47. The average Bonchev–Trinajstić information content (AvgIpc) is 2.14. The molecule has 0 fully saturated rings. The number of hydrogen-bond acceptors (Lipinski definition) is 2. The summed E-state index contributed by atoms with van der Waals surface area (Å²) in [6.07, 6.45) is 0. The van der Waals surface area contributed by atoms with Gasteiger partial charge in [-0.3, -0.25) is 0 Å². The highest BCUT2D eigenvalue weighted by atomic mass is 35.5. The zero-order valence-corrected chi connectivity index (χ0v) is 12.4. The van der Waals surface area contributed by atoms with Gasteiger partial charge in [0.25, 0.3) is 0 Å². The van der Waals surface area contributed by atoms with Gasteiger partial charge >= 0.3 is 0 Å². The summed E-state index contributed by atoms with van der Waals surface area (Å²) in [6, 6.07) is 0. The minimum atomic E-state index is 0.407. The van der Waals surface area contributed by atoms with Crippen molar-refractivity contribution in [3.63, 3.8) is 0 Å². The SMILES string of the molecule is CN(C)c1c(Cl)c(Cl)c(N(C)C)c(Cl)c1Cl. The van der Waals surface area contributed by atoms with E-state index in [0.717, 1.165) is 0 Å². The number of rotatable bonds is 2. The highest BCUT2D eigenvalue weighted by Gasteiger charge is 2.22. The van der Waals surface area contributed by atoms with Gasteiger partial charge in [0.05, 0.1) is 31.5 Å². The van der Waals surface area contributed by atoms with Crippen molar-refractivity contribution >= 4 is 57.8 Å². The Labute approximate surface area is 116 Å². The highest BCUT2D eigenvalue weighted by molar-refractivity contribution is 6.52. The molecule has 6 heteroatoms. The molecule has 0 radical (unpaired) electrons. The molecule has 0 amide bonds. The summed E-state index contributed by atoms with van der Waals surface area (Å²) in [5, 5.41) is 1.63. The van der Waals surface area contributed by atoms with Crippen LogP contribution in [0.25, 0.3) is 0 Å². The van der Waals surface area contributed by atoms with Crippen molar-refractivity contribution in [1.29, 1.82) is 0 Å². The summed E-state index contributed by atoms with van der Waals surface area (Å²) < 4.78 is 0. The van der Waals surface area contributed by atoms with E-state index in [4.69, 9.17) is 46.4 Å². The second-order valence-corrected chi connectivity index (χ2v) is 5.25. The molecule has 16 heavy (non-hydrogen) atoms. The Bertz CT molecular complexity index is 348. The first-order valence-corrected chi connectivity index (χ1v) is 6.00. The predicted molar refractivity (Wildman–Crippen MR) is 75.1 cm³/mol. The van der Waals surface area contributed by atoms with Gasteiger partial charge in [-0.05, 0) is 0 Å². The third kappa shape index (κ3) is 2.30. The van der Waals surface area contributed by atoms with Crippen molar-refractivity contribution in [1.82, 2.24) is 0 Å². The molecular weight excluding hydrogens is 290 g/mol. The van der Waals surface area contributed by atoms with Crippen molar-refractivity contribution in [2.75, 3.05) is 38.0 Å². The normalized spacial score (nSPS) is 10.5. The monoisotopic (exact) mass is 300 g/mol. The summed E-state index contributed by atoms with van der Waals surface area (Å²) >= 11 is 24.7. The number of halogens is 4. The molecule has 0 N–H and O–H groups in total. The van der Waals surface area contributed by atoms with Crippen LogP contribution in [0.4, 0.5) is 11.4 Å². The van der Waals surface area contributed by atoms with E-state index in [9.17, 15) is 0 Å².